The fraction of sp³-hybridized carbons (Fsp3) is 0.600. The second-order valence-electron chi connectivity index (χ2n) is 3.46. The van der Waals surface area contributed by atoms with Crippen molar-refractivity contribution in [3.63, 3.8) is 0 Å². The summed E-state index contributed by atoms with van der Waals surface area (Å²) in [5, 5.41) is 0. The lowest BCUT2D eigenvalue weighted by atomic mass is 10.2. The third-order valence-corrected chi connectivity index (χ3v) is 2.66. The molecule has 60 valence electrons. The fourth-order valence-corrected chi connectivity index (χ4v) is 2.01. The minimum absolute atomic E-state index is 1.15. The molecule has 1 aliphatic heterocycles. The molecule has 0 saturated carbocycles. The first-order valence-corrected chi connectivity index (χ1v) is 4.46. The van der Waals surface area contributed by atoms with Gasteiger partial charge in [-0.05, 0) is 26.2 Å². The second kappa shape index (κ2) is 2.72. The summed E-state index contributed by atoms with van der Waals surface area (Å²) in [6.45, 7) is 4.57. The predicted octanol–water partition coefficient (Wildman–Crippen LogP) is 2.32. The molecule has 0 aromatic rings. The van der Waals surface area contributed by atoms with Crippen LogP contribution in [0.4, 0.5) is 0 Å². The molecule has 11 heavy (non-hydrogen) atoms. The van der Waals surface area contributed by atoms with Crippen LogP contribution in [0.3, 0.4) is 0 Å². The summed E-state index contributed by atoms with van der Waals surface area (Å²) in [5.74, 6) is 0. The molecule has 0 spiro atoms. The zero-order valence-electron chi connectivity index (χ0n) is 7.14. The maximum atomic E-state index is 2.49. The second-order valence-corrected chi connectivity index (χ2v) is 3.46. The summed E-state index contributed by atoms with van der Waals surface area (Å²) >= 11 is 0. The van der Waals surface area contributed by atoms with E-state index in [4.69, 9.17) is 0 Å². The summed E-state index contributed by atoms with van der Waals surface area (Å²) in [6, 6.07) is 0. The van der Waals surface area contributed by atoms with Crippen molar-refractivity contribution < 1.29 is 0 Å². The van der Waals surface area contributed by atoms with E-state index in [0.717, 1.165) is 13.1 Å². The normalized spacial score (nSPS) is 23.9. The largest absolute Gasteiger partial charge is 0.367 e. The summed E-state index contributed by atoms with van der Waals surface area (Å²) in [7, 11) is 0. The highest BCUT2D eigenvalue weighted by Crippen LogP contribution is 2.28. The minimum Gasteiger partial charge on any atom is -0.367 e. The van der Waals surface area contributed by atoms with E-state index in [1.165, 1.54) is 19.3 Å². The van der Waals surface area contributed by atoms with Crippen molar-refractivity contribution >= 4 is 0 Å². The molecule has 0 amide bonds. The van der Waals surface area contributed by atoms with Crippen LogP contribution in [0.2, 0.25) is 0 Å². The quantitative estimate of drug-likeness (QED) is 0.517. The molecular formula is C10H15N. The van der Waals surface area contributed by atoms with Crippen LogP contribution in [0, 0.1) is 0 Å². The zero-order valence-corrected chi connectivity index (χ0v) is 7.14. The van der Waals surface area contributed by atoms with Gasteiger partial charge in [-0.15, -0.1) is 0 Å². The molecule has 2 aliphatic rings. The van der Waals surface area contributed by atoms with Gasteiger partial charge in [0.25, 0.3) is 0 Å². The first-order valence-electron chi connectivity index (χ1n) is 4.46. The molecular weight excluding hydrogens is 134 g/mol. The maximum Gasteiger partial charge on any atom is 0.0360 e. The monoisotopic (exact) mass is 149 g/mol. The fourth-order valence-electron chi connectivity index (χ4n) is 2.01. The van der Waals surface area contributed by atoms with Crippen molar-refractivity contribution in [2.45, 2.75) is 26.2 Å². The highest BCUT2D eigenvalue weighted by Gasteiger charge is 2.17. The summed E-state index contributed by atoms with van der Waals surface area (Å²) in [5.41, 5.74) is 3.24. The van der Waals surface area contributed by atoms with Gasteiger partial charge in [-0.25, -0.2) is 0 Å². The van der Waals surface area contributed by atoms with Gasteiger partial charge in [0, 0.05) is 18.8 Å². The van der Waals surface area contributed by atoms with E-state index in [9.17, 15) is 0 Å². The first kappa shape index (κ1) is 6.96. The van der Waals surface area contributed by atoms with E-state index in [2.05, 4.69) is 24.0 Å². The van der Waals surface area contributed by atoms with E-state index >= 15 is 0 Å². The van der Waals surface area contributed by atoms with Crippen molar-refractivity contribution in [1.29, 1.82) is 0 Å². The van der Waals surface area contributed by atoms with Crippen molar-refractivity contribution in [2.75, 3.05) is 13.1 Å². The SMILES string of the molecule is CC1=C(N2CC=CC2)CCC1. The molecule has 0 bridgehead atoms. The van der Waals surface area contributed by atoms with E-state index in [-0.39, 0.29) is 0 Å². The molecule has 0 unspecified atom stereocenters. The standard InChI is InChI=1S/C10H15N/c1-9-5-4-6-10(9)11-7-2-3-8-11/h2-3H,4-8H2,1H3. The van der Waals surface area contributed by atoms with E-state index < -0.39 is 0 Å². The van der Waals surface area contributed by atoms with Crippen LogP contribution < -0.4 is 0 Å². The Balaban J connectivity index is 2.09. The minimum atomic E-state index is 1.15. The van der Waals surface area contributed by atoms with Crippen LogP contribution in [0.15, 0.2) is 23.4 Å². The predicted molar refractivity (Wildman–Crippen MR) is 47.3 cm³/mol. The lowest BCUT2D eigenvalue weighted by Crippen LogP contribution is -2.18. The van der Waals surface area contributed by atoms with Crippen molar-refractivity contribution in [3.8, 4) is 0 Å². The van der Waals surface area contributed by atoms with Crippen LogP contribution in [0.5, 0.6) is 0 Å². The zero-order chi connectivity index (χ0) is 7.68. The smallest absolute Gasteiger partial charge is 0.0360 e. The number of nitrogens with zero attached hydrogens (tertiary/aromatic N) is 1. The number of rotatable bonds is 1. The van der Waals surface area contributed by atoms with Crippen LogP contribution in [0.25, 0.3) is 0 Å². The molecule has 1 heterocycles. The maximum absolute atomic E-state index is 2.49. The Kier molecular flexibility index (Phi) is 1.72. The first-order chi connectivity index (χ1) is 5.38. The van der Waals surface area contributed by atoms with Gasteiger partial charge in [-0.1, -0.05) is 17.7 Å². The lowest BCUT2D eigenvalue weighted by molar-refractivity contribution is 0.428. The summed E-state index contributed by atoms with van der Waals surface area (Å²) < 4.78 is 0. The third kappa shape index (κ3) is 1.20. The van der Waals surface area contributed by atoms with Gasteiger partial charge < -0.3 is 4.90 Å². The molecule has 0 fully saturated rings. The van der Waals surface area contributed by atoms with Gasteiger partial charge >= 0.3 is 0 Å². The van der Waals surface area contributed by atoms with Crippen LogP contribution >= 0.6 is 0 Å². The van der Waals surface area contributed by atoms with Gasteiger partial charge in [0.05, 0.1) is 0 Å². The van der Waals surface area contributed by atoms with Crippen molar-refractivity contribution in [2.24, 2.45) is 0 Å². The Bertz CT molecular complexity index is 205. The van der Waals surface area contributed by atoms with Crippen molar-refractivity contribution in [1.82, 2.24) is 4.90 Å². The van der Waals surface area contributed by atoms with Gasteiger partial charge in [0.2, 0.25) is 0 Å². The molecule has 0 atom stereocenters. The Hall–Kier alpha value is -0.720. The molecule has 2 rings (SSSR count). The number of hydrogen-bond donors (Lipinski definition) is 0. The van der Waals surface area contributed by atoms with Gasteiger partial charge in [0.1, 0.15) is 0 Å². The lowest BCUT2D eigenvalue weighted by Gasteiger charge is -2.20. The molecule has 1 nitrogen and oxygen atoms in total. The van der Waals surface area contributed by atoms with Crippen LogP contribution in [-0.2, 0) is 0 Å². The summed E-state index contributed by atoms with van der Waals surface area (Å²) in [6.07, 6.45) is 8.54. The van der Waals surface area contributed by atoms with E-state index in [1.54, 1.807) is 11.3 Å². The van der Waals surface area contributed by atoms with Crippen LogP contribution in [0.1, 0.15) is 26.2 Å². The average molecular weight is 149 g/mol. The number of allylic oxidation sites excluding steroid dienone is 2. The van der Waals surface area contributed by atoms with Crippen LogP contribution in [-0.4, -0.2) is 18.0 Å². The highest BCUT2D eigenvalue weighted by molar-refractivity contribution is 5.19. The molecule has 0 N–H and O–H groups in total. The highest BCUT2D eigenvalue weighted by atomic mass is 15.1. The van der Waals surface area contributed by atoms with Gasteiger partial charge in [-0.2, -0.15) is 0 Å². The van der Waals surface area contributed by atoms with Gasteiger partial charge in [0.15, 0.2) is 0 Å². The molecule has 0 aromatic heterocycles. The Morgan fingerprint density at radius 2 is 1.91 bits per heavy atom. The van der Waals surface area contributed by atoms with Crippen molar-refractivity contribution in [3.05, 3.63) is 23.4 Å². The van der Waals surface area contributed by atoms with Gasteiger partial charge in [-0.3, -0.25) is 0 Å². The molecule has 1 heteroatoms. The third-order valence-electron chi connectivity index (χ3n) is 2.66. The molecule has 1 aliphatic carbocycles. The Labute approximate surface area is 68.4 Å². The molecule has 0 radical (unpaired) electrons. The van der Waals surface area contributed by atoms with E-state index in [0.29, 0.717) is 0 Å². The van der Waals surface area contributed by atoms with E-state index in [1.807, 2.05) is 0 Å². The Morgan fingerprint density at radius 3 is 2.45 bits per heavy atom. The number of hydrogen-bond acceptors (Lipinski definition) is 1. The summed E-state index contributed by atoms with van der Waals surface area (Å²) in [4.78, 5) is 2.49. The molecule has 0 aromatic carbocycles. The topological polar surface area (TPSA) is 3.24 Å². The average Bonchev–Trinajstić information content (AvgIpc) is 2.55. The Morgan fingerprint density at radius 1 is 1.18 bits per heavy atom. The molecule has 0 saturated heterocycles.